The molecule has 2 N–H and O–H groups in total. The fourth-order valence-corrected chi connectivity index (χ4v) is 5.43. The maximum Gasteiger partial charge on any atom is 0.137 e. The van der Waals surface area contributed by atoms with Gasteiger partial charge in [-0.2, -0.15) is 10.2 Å². The van der Waals surface area contributed by atoms with Crippen LogP contribution in [0.4, 0.5) is 0 Å². The van der Waals surface area contributed by atoms with Crippen molar-refractivity contribution in [2.24, 2.45) is 0 Å². The van der Waals surface area contributed by atoms with Crippen molar-refractivity contribution in [1.29, 1.82) is 0 Å². The molecular formula is C26H28Cl4N8O2. The summed E-state index contributed by atoms with van der Waals surface area (Å²) in [7, 11) is 0. The van der Waals surface area contributed by atoms with Crippen molar-refractivity contribution in [1.82, 2.24) is 39.9 Å². The Bertz CT molecular complexity index is 1360. The number of epoxide rings is 1. The molecule has 3 aliphatic rings. The first-order valence-corrected chi connectivity index (χ1v) is 14.2. The summed E-state index contributed by atoms with van der Waals surface area (Å²) in [5, 5.41) is 22.3. The molecule has 7 rings (SSSR count). The summed E-state index contributed by atoms with van der Waals surface area (Å²) in [5.74, 6) is 0. The fourth-order valence-electron chi connectivity index (χ4n) is 4.57. The van der Waals surface area contributed by atoms with Crippen molar-refractivity contribution in [3.8, 4) is 0 Å². The Labute approximate surface area is 251 Å². The second-order valence-corrected chi connectivity index (χ2v) is 12.5. The van der Waals surface area contributed by atoms with Gasteiger partial charge in [-0.05, 0) is 48.9 Å². The average molecular weight is 626 g/mol. The second kappa shape index (κ2) is 11.9. The van der Waals surface area contributed by atoms with Crippen LogP contribution in [0.3, 0.4) is 0 Å². The smallest absolute Gasteiger partial charge is 0.137 e. The number of alkyl halides is 2. The maximum absolute atomic E-state index is 11.1. The minimum Gasteiger partial charge on any atom is -0.386 e. The molecule has 212 valence electrons. The molecule has 0 radical (unpaired) electrons. The number of H-pyrrole nitrogens is 1. The van der Waals surface area contributed by atoms with Crippen molar-refractivity contribution >= 4 is 46.4 Å². The highest BCUT2D eigenvalue weighted by Crippen LogP contribution is 2.59. The Morgan fingerprint density at radius 2 is 1.62 bits per heavy atom. The van der Waals surface area contributed by atoms with Gasteiger partial charge in [-0.3, -0.25) is 15.1 Å². The average Bonchev–Trinajstić information content (AvgIpc) is 3.90. The number of hydrogen-bond donors (Lipinski definition) is 2. The first-order valence-electron chi connectivity index (χ1n) is 12.7. The molecule has 2 aliphatic carbocycles. The molecule has 0 amide bonds. The molecule has 3 fully saturated rings. The number of ether oxygens (including phenoxy) is 1. The third-order valence-corrected chi connectivity index (χ3v) is 9.55. The zero-order chi connectivity index (χ0) is 28.3. The van der Waals surface area contributed by atoms with Gasteiger partial charge in [0.05, 0.1) is 32.9 Å². The van der Waals surface area contributed by atoms with E-state index in [-0.39, 0.29) is 17.0 Å². The maximum atomic E-state index is 11.1. The minimum absolute atomic E-state index is 0.125. The summed E-state index contributed by atoms with van der Waals surface area (Å²) < 4.78 is 7.17. The van der Waals surface area contributed by atoms with Crippen LogP contribution in [0.25, 0.3) is 0 Å². The van der Waals surface area contributed by atoms with Crippen LogP contribution in [0.2, 0.25) is 10.0 Å². The van der Waals surface area contributed by atoms with Gasteiger partial charge in [0.15, 0.2) is 0 Å². The molecule has 40 heavy (non-hydrogen) atoms. The zero-order valence-electron chi connectivity index (χ0n) is 21.4. The number of aromatic amines is 1. The summed E-state index contributed by atoms with van der Waals surface area (Å²) >= 11 is 25.1. The van der Waals surface area contributed by atoms with Crippen LogP contribution in [-0.4, -0.2) is 72.6 Å². The standard InChI is InChI=1S/C13H14Cl2N4O.C11H11Cl2NO.C2H3N3/c14-11-6-16-4-1-10(11)5-13(20,12(15)2-3-12)7-19-9-17-8-18-19;12-9-6-14-4-1-8(9)5-11(7-15-11)10(13)2-3-10;1-3-2-5-4-1/h1,4,6,8-9,20H,2-3,5,7H2;1,4,6H,2-3,5,7H2;1-2H,(H,3,4,5). The van der Waals surface area contributed by atoms with Gasteiger partial charge in [-0.15, -0.1) is 23.2 Å². The Balaban J connectivity index is 0.000000141. The van der Waals surface area contributed by atoms with Crippen LogP contribution in [0, 0.1) is 0 Å². The lowest BCUT2D eigenvalue weighted by atomic mass is 9.89. The molecule has 0 bridgehead atoms. The van der Waals surface area contributed by atoms with E-state index in [1.165, 1.54) is 19.0 Å². The summed E-state index contributed by atoms with van der Waals surface area (Å²) in [6.07, 6.45) is 17.4. The predicted molar refractivity (Wildman–Crippen MR) is 152 cm³/mol. The zero-order valence-corrected chi connectivity index (χ0v) is 24.5. The third kappa shape index (κ3) is 6.75. The summed E-state index contributed by atoms with van der Waals surface area (Å²) in [6, 6.07) is 3.74. The molecule has 1 saturated heterocycles. The van der Waals surface area contributed by atoms with Crippen molar-refractivity contribution < 1.29 is 9.84 Å². The number of aromatic nitrogens is 8. The van der Waals surface area contributed by atoms with Gasteiger partial charge in [0.1, 0.15) is 36.5 Å². The first kappa shape index (κ1) is 29.2. The van der Waals surface area contributed by atoms with Crippen LogP contribution >= 0.6 is 46.4 Å². The molecule has 0 spiro atoms. The van der Waals surface area contributed by atoms with Crippen LogP contribution in [-0.2, 0) is 24.1 Å². The number of hydrogen-bond acceptors (Lipinski definition) is 8. The normalized spacial score (nSPS) is 22.5. The van der Waals surface area contributed by atoms with E-state index in [9.17, 15) is 5.11 Å². The van der Waals surface area contributed by atoms with Gasteiger partial charge in [0, 0.05) is 37.6 Å². The molecule has 0 aromatic carbocycles. The van der Waals surface area contributed by atoms with E-state index in [2.05, 4.69) is 35.2 Å². The molecule has 14 heteroatoms. The highest BCUT2D eigenvalue weighted by atomic mass is 35.5. The number of nitrogens with zero attached hydrogens (tertiary/aromatic N) is 7. The summed E-state index contributed by atoms with van der Waals surface area (Å²) in [4.78, 5) is 14.6. The first-order chi connectivity index (χ1) is 19.2. The van der Waals surface area contributed by atoms with E-state index in [4.69, 9.17) is 51.1 Å². The second-order valence-electron chi connectivity index (χ2n) is 10.3. The van der Waals surface area contributed by atoms with Gasteiger partial charge < -0.3 is 9.84 Å². The Morgan fingerprint density at radius 1 is 0.950 bits per heavy atom. The number of halogens is 4. The van der Waals surface area contributed by atoms with Gasteiger partial charge in [-0.1, -0.05) is 23.2 Å². The summed E-state index contributed by atoms with van der Waals surface area (Å²) in [5.41, 5.74) is 0.639. The van der Waals surface area contributed by atoms with Gasteiger partial charge >= 0.3 is 0 Å². The third-order valence-electron chi connectivity index (χ3n) is 7.41. The monoisotopic (exact) mass is 624 g/mol. The lowest BCUT2D eigenvalue weighted by Gasteiger charge is -2.33. The number of nitrogens with one attached hydrogen (secondary N) is 1. The molecule has 2 saturated carbocycles. The Kier molecular flexibility index (Phi) is 8.66. The number of pyridine rings is 2. The molecule has 10 nitrogen and oxygen atoms in total. The molecule has 2 unspecified atom stereocenters. The van der Waals surface area contributed by atoms with E-state index < -0.39 is 10.5 Å². The van der Waals surface area contributed by atoms with Crippen LogP contribution in [0.15, 0.2) is 62.2 Å². The van der Waals surface area contributed by atoms with Crippen LogP contribution < -0.4 is 0 Å². The van der Waals surface area contributed by atoms with Crippen molar-refractivity contribution in [2.75, 3.05) is 6.61 Å². The van der Waals surface area contributed by atoms with E-state index in [0.29, 0.717) is 16.5 Å². The molecular weight excluding hydrogens is 598 g/mol. The molecule has 5 heterocycles. The largest absolute Gasteiger partial charge is 0.386 e. The van der Waals surface area contributed by atoms with Crippen LogP contribution in [0.1, 0.15) is 36.8 Å². The molecule has 2 atom stereocenters. The van der Waals surface area contributed by atoms with Crippen molar-refractivity contribution in [3.05, 3.63) is 83.4 Å². The lowest BCUT2D eigenvalue weighted by Crippen LogP contribution is -2.47. The minimum atomic E-state index is -1.12. The van der Waals surface area contributed by atoms with Crippen molar-refractivity contribution in [3.63, 3.8) is 0 Å². The SMILES string of the molecule is Clc1cnccc1CC1(C2(Cl)CC2)CO1.OC(Cc1ccncc1Cl)(Cn1cncn1)C1(Cl)CC1.c1nc[nH]n1. The number of aliphatic hydroxyl groups is 1. The highest BCUT2D eigenvalue weighted by molar-refractivity contribution is 6.31. The fraction of sp³-hybridized carbons (Fsp3) is 0.462. The topological polar surface area (TPSA) is 131 Å². The van der Waals surface area contributed by atoms with Gasteiger partial charge in [-0.25, -0.2) is 14.6 Å². The molecule has 4 aromatic heterocycles. The number of rotatable bonds is 8. The van der Waals surface area contributed by atoms with E-state index in [0.717, 1.165) is 49.8 Å². The quantitative estimate of drug-likeness (QED) is 0.213. The summed E-state index contributed by atoms with van der Waals surface area (Å²) in [6.45, 7) is 1.05. The van der Waals surface area contributed by atoms with Crippen molar-refractivity contribution in [2.45, 2.75) is 66.0 Å². The van der Waals surface area contributed by atoms with Gasteiger partial charge in [0.25, 0.3) is 0 Å². The predicted octanol–water partition coefficient (Wildman–Crippen LogP) is 4.69. The van der Waals surface area contributed by atoms with E-state index in [1.54, 1.807) is 41.9 Å². The highest BCUT2D eigenvalue weighted by Gasteiger charge is 2.66. The lowest BCUT2D eigenvalue weighted by molar-refractivity contribution is 0.00765. The molecule has 4 aromatic rings. The molecule has 1 aliphatic heterocycles. The van der Waals surface area contributed by atoms with E-state index in [1.807, 2.05) is 6.07 Å². The Morgan fingerprint density at radius 3 is 2.08 bits per heavy atom. The van der Waals surface area contributed by atoms with Crippen LogP contribution in [0.5, 0.6) is 0 Å². The van der Waals surface area contributed by atoms with E-state index >= 15 is 0 Å². The Hall–Kier alpha value is -2.34. The van der Waals surface area contributed by atoms with Gasteiger partial charge in [0.2, 0.25) is 0 Å².